The summed E-state index contributed by atoms with van der Waals surface area (Å²) in [6, 6.07) is 10.9. The van der Waals surface area contributed by atoms with Crippen molar-refractivity contribution in [1.82, 2.24) is 4.98 Å². The zero-order valence-corrected chi connectivity index (χ0v) is 13.7. The second kappa shape index (κ2) is 8.69. The Morgan fingerprint density at radius 1 is 1.38 bits per heavy atom. The first kappa shape index (κ1) is 17.5. The summed E-state index contributed by atoms with van der Waals surface area (Å²) in [4.78, 5) is 16.1. The second-order valence-corrected chi connectivity index (χ2v) is 5.26. The standard InChI is InChI=1S/C18H21N3O3/c1-13(22)11-19-17-8-7-15(12-20-17)21-18(23)9-6-14-4-3-5-16(10-14)24-2/h3-10,12-13,22H,11H2,1-2H3,(H,19,20)(H,21,23)/b9-6+. The quantitative estimate of drug-likeness (QED) is 0.681. The number of aliphatic hydroxyl groups is 1. The molecule has 1 aromatic heterocycles. The van der Waals surface area contributed by atoms with Gasteiger partial charge in [0.1, 0.15) is 11.6 Å². The van der Waals surface area contributed by atoms with E-state index in [1.807, 2.05) is 24.3 Å². The molecule has 0 saturated heterocycles. The summed E-state index contributed by atoms with van der Waals surface area (Å²) in [7, 11) is 1.60. The van der Waals surface area contributed by atoms with Gasteiger partial charge in [0.25, 0.3) is 0 Å². The van der Waals surface area contributed by atoms with Gasteiger partial charge in [0, 0.05) is 12.6 Å². The second-order valence-electron chi connectivity index (χ2n) is 5.26. The van der Waals surface area contributed by atoms with Gasteiger partial charge in [-0.1, -0.05) is 12.1 Å². The van der Waals surface area contributed by atoms with Crippen LogP contribution in [0.25, 0.3) is 6.08 Å². The molecule has 1 aromatic carbocycles. The molecule has 0 saturated carbocycles. The minimum atomic E-state index is -0.451. The first-order valence-electron chi connectivity index (χ1n) is 7.58. The summed E-state index contributed by atoms with van der Waals surface area (Å²) < 4.78 is 5.14. The first-order valence-corrected chi connectivity index (χ1v) is 7.58. The van der Waals surface area contributed by atoms with Crippen LogP contribution in [0.1, 0.15) is 12.5 Å². The summed E-state index contributed by atoms with van der Waals surface area (Å²) in [5.41, 5.74) is 1.47. The van der Waals surface area contributed by atoms with Crippen LogP contribution in [0.4, 0.5) is 11.5 Å². The van der Waals surface area contributed by atoms with Crippen LogP contribution in [-0.2, 0) is 4.79 Å². The molecule has 3 N–H and O–H groups in total. The van der Waals surface area contributed by atoms with E-state index in [2.05, 4.69) is 15.6 Å². The Hall–Kier alpha value is -2.86. The Morgan fingerprint density at radius 3 is 2.88 bits per heavy atom. The highest BCUT2D eigenvalue weighted by Crippen LogP contribution is 2.14. The van der Waals surface area contributed by atoms with E-state index in [4.69, 9.17) is 4.74 Å². The van der Waals surface area contributed by atoms with Gasteiger partial charge in [-0.2, -0.15) is 0 Å². The lowest BCUT2D eigenvalue weighted by atomic mass is 10.2. The van der Waals surface area contributed by atoms with Crippen LogP contribution in [-0.4, -0.2) is 35.8 Å². The van der Waals surface area contributed by atoms with Crippen molar-refractivity contribution in [3.8, 4) is 5.75 Å². The van der Waals surface area contributed by atoms with Crippen molar-refractivity contribution in [2.45, 2.75) is 13.0 Å². The van der Waals surface area contributed by atoms with Crippen LogP contribution in [0.2, 0.25) is 0 Å². The van der Waals surface area contributed by atoms with Crippen molar-refractivity contribution in [3.63, 3.8) is 0 Å². The van der Waals surface area contributed by atoms with Crippen molar-refractivity contribution in [3.05, 3.63) is 54.2 Å². The summed E-state index contributed by atoms with van der Waals surface area (Å²) >= 11 is 0. The molecule has 0 aliphatic carbocycles. The molecule has 1 amide bonds. The predicted octanol–water partition coefficient (Wildman–Crippen LogP) is 2.53. The molecule has 6 heteroatoms. The molecule has 6 nitrogen and oxygen atoms in total. The van der Waals surface area contributed by atoms with Crippen molar-refractivity contribution in [1.29, 1.82) is 0 Å². The predicted molar refractivity (Wildman–Crippen MR) is 95.1 cm³/mol. The highest BCUT2D eigenvalue weighted by Gasteiger charge is 2.01. The number of methoxy groups -OCH3 is 1. The third-order valence-electron chi connectivity index (χ3n) is 3.13. The summed E-state index contributed by atoms with van der Waals surface area (Å²) in [5, 5.41) is 14.9. The number of nitrogens with one attached hydrogen (secondary N) is 2. The zero-order chi connectivity index (χ0) is 17.4. The zero-order valence-electron chi connectivity index (χ0n) is 13.7. The molecule has 24 heavy (non-hydrogen) atoms. The normalized spacial score (nSPS) is 12.0. The van der Waals surface area contributed by atoms with Crippen LogP contribution < -0.4 is 15.4 Å². The largest absolute Gasteiger partial charge is 0.497 e. The number of anilines is 2. The Balaban J connectivity index is 1.90. The minimum absolute atomic E-state index is 0.246. The Bertz CT molecular complexity index is 697. The van der Waals surface area contributed by atoms with Gasteiger partial charge in [-0.3, -0.25) is 4.79 Å². The summed E-state index contributed by atoms with van der Waals surface area (Å²) in [5.74, 6) is 1.13. The fourth-order valence-electron chi connectivity index (χ4n) is 1.93. The van der Waals surface area contributed by atoms with Crippen molar-refractivity contribution in [2.75, 3.05) is 24.3 Å². The van der Waals surface area contributed by atoms with Gasteiger partial charge >= 0.3 is 0 Å². The van der Waals surface area contributed by atoms with E-state index in [9.17, 15) is 9.90 Å². The number of ether oxygens (including phenoxy) is 1. The molecule has 0 aliphatic heterocycles. The monoisotopic (exact) mass is 327 g/mol. The highest BCUT2D eigenvalue weighted by atomic mass is 16.5. The number of hydrogen-bond donors (Lipinski definition) is 3. The number of aromatic nitrogens is 1. The fraction of sp³-hybridized carbons (Fsp3) is 0.222. The van der Waals surface area contributed by atoms with Crippen LogP contribution in [0, 0.1) is 0 Å². The van der Waals surface area contributed by atoms with Gasteiger partial charge in [0.15, 0.2) is 0 Å². The number of carbonyl (C=O) groups is 1. The van der Waals surface area contributed by atoms with Gasteiger partial charge in [0.05, 0.1) is 25.1 Å². The van der Waals surface area contributed by atoms with E-state index in [1.165, 1.54) is 6.08 Å². The summed E-state index contributed by atoms with van der Waals surface area (Å²) in [6.45, 7) is 2.11. The van der Waals surface area contributed by atoms with Crippen molar-refractivity contribution < 1.29 is 14.6 Å². The van der Waals surface area contributed by atoms with E-state index < -0.39 is 6.10 Å². The Kier molecular flexibility index (Phi) is 6.33. The smallest absolute Gasteiger partial charge is 0.248 e. The minimum Gasteiger partial charge on any atom is -0.497 e. The number of carbonyl (C=O) groups excluding carboxylic acids is 1. The lowest BCUT2D eigenvalue weighted by Crippen LogP contribution is -2.16. The molecule has 0 fully saturated rings. The average Bonchev–Trinajstić information content (AvgIpc) is 2.59. The molecule has 0 spiro atoms. The average molecular weight is 327 g/mol. The third kappa shape index (κ3) is 5.73. The van der Waals surface area contributed by atoms with Crippen LogP contribution >= 0.6 is 0 Å². The lowest BCUT2D eigenvalue weighted by molar-refractivity contribution is -0.111. The van der Waals surface area contributed by atoms with Gasteiger partial charge in [-0.05, 0) is 42.8 Å². The molecule has 0 aliphatic rings. The molecule has 2 rings (SSSR count). The molecule has 2 aromatic rings. The topological polar surface area (TPSA) is 83.5 Å². The molecular formula is C18H21N3O3. The number of benzene rings is 1. The van der Waals surface area contributed by atoms with Crippen molar-refractivity contribution in [2.24, 2.45) is 0 Å². The van der Waals surface area contributed by atoms with Gasteiger partial charge in [-0.15, -0.1) is 0 Å². The first-order chi connectivity index (χ1) is 11.6. The van der Waals surface area contributed by atoms with E-state index in [0.29, 0.717) is 18.1 Å². The number of aliphatic hydroxyl groups excluding tert-OH is 1. The Morgan fingerprint density at radius 2 is 2.21 bits per heavy atom. The maximum atomic E-state index is 11.9. The van der Waals surface area contributed by atoms with E-state index in [-0.39, 0.29) is 5.91 Å². The lowest BCUT2D eigenvalue weighted by Gasteiger charge is -2.08. The molecule has 0 bridgehead atoms. The van der Waals surface area contributed by atoms with E-state index >= 15 is 0 Å². The maximum absolute atomic E-state index is 11.9. The SMILES string of the molecule is COc1cccc(/C=C/C(=O)Nc2ccc(NCC(C)O)nc2)c1. The van der Waals surface area contributed by atoms with E-state index in [0.717, 1.165) is 11.3 Å². The van der Waals surface area contributed by atoms with Gasteiger partial charge in [-0.25, -0.2) is 4.98 Å². The van der Waals surface area contributed by atoms with E-state index in [1.54, 1.807) is 38.4 Å². The highest BCUT2D eigenvalue weighted by molar-refractivity contribution is 6.01. The number of nitrogens with zero attached hydrogens (tertiary/aromatic N) is 1. The van der Waals surface area contributed by atoms with Crippen molar-refractivity contribution >= 4 is 23.5 Å². The molecule has 1 unspecified atom stereocenters. The maximum Gasteiger partial charge on any atom is 0.248 e. The molecular weight excluding hydrogens is 306 g/mol. The number of pyridine rings is 1. The van der Waals surface area contributed by atoms with Crippen LogP contribution in [0.15, 0.2) is 48.7 Å². The van der Waals surface area contributed by atoms with Gasteiger partial charge < -0.3 is 20.5 Å². The number of amides is 1. The number of rotatable bonds is 7. The molecule has 1 atom stereocenters. The van der Waals surface area contributed by atoms with Crippen LogP contribution in [0.3, 0.4) is 0 Å². The molecule has 1 heterocycles. The number of hydrogen-bond acceptors (Lipinski definition) is 5. The molecule has 126 valence electrons. The summed E-state index contributed by atoms with van der Waals surface area (Å²) in [6.07, 6.45) is 4.27. The fourth-order valence-corrected chi connectivity index (χ4v) is 1.93. The van der Waals surface area contributed by atoms with Gasteiger partial charge in [0.2, 0.25) is 5.91 Å². The third-order valence-corrected chi connectivity index (χ3v) is 3.13. The van der Waals surface area contributed by atoms with Crippen LogP contribution in [0.5, 0.6) is 5.75 Å². The Labute approximate surface area is 141 Å². The molecule has 0 radical (unpaired) electrons.